The molecule has 0 saturated heterocycles. The molecule has 2 aromatic carbocycles. The van der Waals surface area contributed by atoms with Crippen molar-refractivity contribution in [3.05, 3.63) is 64.2 Å². The quantitative estimate of drug-likeness (QED) is 0.706. The number of thiazole rings is 1. The van der Waals surface area contributed by atoms with Crippen LogP contribution in [-0.4, -0.2) is 10.5 Å². The molecule has 0 fully saturated rings. The number of benzene rings is 2. The van der Waals surface area contributed by atoms with Gasteiger partial charge in [0.25, 0.3) is 5.91 Å². The number of aromatic nitrogens is 1. The van der Waals surface area contributed by atoms with E-state index < -0.39 is 0 Å². The molecule has 0 spiro atoms. The largest absolute Gasteiger partial charge is 0.317 e. The zero-order valence-corrected chi connectivity index (χ0v) is 13.2. The predicted molar refractivity (Wildman–Crippen MR) is 86.5 cm³/mol. The van der Waals surface area contributed by atoms with Crippen LogP contribution in [0.5, 0.6) is 0 Å². The Hall–Kier alpha value is -2.27. The van der Waals surface area contributed by atoms with Crippen LogP contribution in [0.25, 0.3) is 10.2 Å². The fourth-order valence-corrected chi connectivity index (χ4v) is 3.48. The van der Waals surface area contributed by atoms with Crippen molar-refractivity contribution in [2.75, 3.05) is 0 Å². The molecule has 0 unspecified atom stereocenters. The molecule has 0 atom stereocenters. The van der Waals surface area contributed by atoms with Gasteiger partial charge in [0.1, 0.15) is 5.82 Å². The first kappa shape index (κ1) is 14.7. The maximum absolute atomic E-state index is 13.4. The number of hydrogen-bond acceptors (Lipinski definition) is 2. The number of fused-ring (bicyclic) bond motifs is 1. The first-order valence-corrected chi connectivity index (χ1v) is 7.85. The minimum atomic E-state index is -0.284. The minimum Gasteiger partial charge on any atom is -0.317 e. The predicted octanol–water partition coefficient (Wildman–Crippen LogP) is 3.91. The fourth-order valence-electron chi connectivity index (χ4n) is 2.37. The molecule has 3 aromatic rings. The molecule has 3 nitrogen and oxygen atoms in total. The average Bonchev–Trinajstić information content (AvgIpc) is 2.83. The Kier molecular flexibility index (Phi) is 3.90. The lowest BCUT2D eigenvalue weighted by Crippen LogP contribution is -2.15. The SMILES string of the molecule is CCn1c(=NC(=O)c2cccc(C)c2)sc2cc(F)ccc21. The normalized spacial score (nSPS) is 12.0. The lowest BCUT2D eigenvalue weighted by atomic mass is 10.1. The zero-order chi connectivity index (χ0) is 15.7. The zero-order valence-electron chi connectivity index (χ0n) is 12.3. The second kappa shape index (κ2) is 5.85. The molecule has 0 saturated carbocycles. The third-order valence-corrected chi connectivity index (χ3v) is 4.46. The molecular formula is C17H15FN2OS. The van der Waals surface area contributed by atoms with E-state index in [-0.39, 0.29) is 11.7 Å². The van der Waals surface area contributed by atoms with Gasteiger partial charge in [-0.05, 0) is 44.2 Å². The van der Waals surface area contributed by atoms with E-state index in [4.69, 9.17) is 0 Å². The van der Waals surface area contributed by atoms with Crippen molar-refractivity contribution in [2.45, 2.75) is 20.4 Å². The molecule has 5 heteroatoms. The van der Waals surface area contributed by atoms with E-state index in [2.05, 4.69) is 4.99 Å². The van der Waals surface area contributed by atoms with Crippen molar-refractivity contribution in [3.63, 3.8) is 0 Å². The van der Waals surface area contributed by atoms with Gasteiger partial charge in [0.15, 0.2) is 4.80 Å². The smallest absolute Gasteiger partial charge is 0.279 e. The summed E-state index contributed by atoms with van der Waals surface area (Å²) in [6, 6.07) is 12.0. The number of halogens is 1. The molecule has 1 heterocycles. The second-order valence-corrected chi connectivity index (χ2v) is 6.04. The summed E-state index contributed by atoms with van der Waals surface area (Å²) in [7, 11) is 0. The molecule has 1 amide bonds. The van der Waals surface area contributed by atoms with Crippen molar-refractivity contribution in [2.24, 2.45) is 4.99 Å². The molecule has 112 valence electrons. The first-order chi connectivity index (χ1) is 10.6. The van der Waals surface area contributed by atoms with Crippen molar-refractivity contribution in [1.82, 2.24) is 4.57 Å². The summed E-state index contributed by atoms with van der Waals surface area (Å²) in [5, 5.41) is 0. The van der Waals surface area contributed by atoms with Gasteiger partial charge in [0.05, 0.1) is 10.2 Å². The molecule has 3 rings (SSSR count). The Bertz CT molecular complexity index is 924. The number of rotatable bonds is 2. The van der Waals surface area contributed by atoms with Gasteiger partial charge in [-0.2, -0.15) is 4.99 Å². The minimum absolute atomic E-state index is 0.280. The molecule has 0 N–H and O–H groups in total. The van der Waals surface area contributed by atoms with E-state index >= 15 is 0 Å². The summed E-state index contributed by atoms with van der Waals surface area (Å²) in [5.41, 5.74) is 2.47. The third kappa shape index (κ3) is 2.72. The van der Waals surface area contributed by atoms with Gasteiger partial charge in [-0.3, -0.25) is 4.79 Å². The molecule has 0 bridgehead atoms. The van der Waals surface area contributed by atoms with Crippen LogP contribution in [0, 0.1) is 12.7 Å². The monoisotopic (exact) mass is 314 g/mol. The van der Waals surface area contributed by atoms with E-state index in [1.54, 1.807) is 12.1 Å². The van der Waals surface area contributed by atoms with Crippen LogP contribution in [0.2, 0.25) is 0 Å². The van der Waals surface area contributed by atoms with Gasteiger partial charge in [-0.25, -0.2) is 4.39 Å². The Morgan fingerprint density at radius 1 is 1.27 bits per heavy atom. The summed E-state index contributed by atoms with van der Waals surface area (Å²) in [6.45, 7) is 4.59. The Labute approximate surface area is 131 Å². The first-order valence-electron chi connectivity index (χ1n) is 7.03. The highest BCUT2D eigenvalue weighted by molar-refractivity contribution is 7.16. The Morgan fingerprint density at radius 3 is 2.82 bits per heavy atom. The number of carbonyl (C=O) groups is 1. The van der Waals surface area contributed by atoms with Crippen LogP contribution in [0.4, 0.5) is 4.39 Å². The molecule has 22 heavy (non-hydrogen) atoms. The average molecular weight is 314 g/mol. The van der Waals surface area contributed by atoms with Crippen LogP contribution < -0.4 is 4.80 Å². The molecule has 0 aliphatic rings. The number of nitrogens with zero attached hydrogens (tertiary/aromatic N) is 2. The maximum Gasteiger partial charge on any atom is 0.279 e. The topological polar surface area (TPSA) is 34.4 Å². The van der Waals surface area contributed by atoms with Crippen molar-refractivity contribution in [1.29, 1.82) is 0 Å². The van der Waals surface area contributed by atoms with Crippen LogP contribution in [0.1, 0.15) is 22.8 Å². The van der Waals surface area contributed by atoms with Crippen molar-refractivity contribution >= 4 is 27.5 Å². The number of carbonyl (C=O) groups excluding carboxylic acids is 1. The number of amides is 1. The third-order valence-electron chi connectivity index (χ3n) is 3.42. The molecule has 0 aliphatic carbocycles. The van der Waals surface area contributed by atoms with Gasteiger partial charge in [-0.15, -0.1) is 0 Å². The van der Waals surface area contributed by atoms with Crippen molar-refractivity contribution < 1.29 is 9.18 Å². The summed E-state index contributed by atoms with van der Waals surface area (Å²) in [6.07, 6.45) is 0. The standard InChI is InChI=1S/C17H15FN2OS/c1-3-20-14-8-7-13(18)10-15(14)22-17(20)19-16(21)12-6-4-5-11(2)9-12/h4-10H,3H2,1-2H3. The highest BCUT2D eigenvalue weighted by Gasteiger charge is 2.09. The van der Waals surface area contributed by atoms with Gasteiger partial charge >= 0.3 is 0 Å². The van der Waals surface area contributed by atoms with E-state index in [1.807, 2.05) is 36.6 Å². The van der Waals surface area contributed by atoms with E-state index in [0.717, 1.165) is 15.8 Å². The van der Waals surface area contributed by atoms with Crippen LogP contribution in [0.3, 0.4) is 0 Å². The van der Waals surface area contributed by atoms with Gasteiger partial charge in [-0.1, -0.05) is 29.0 Å². The Balaban J connectivity index is 2.14. The second-order valence-electron chi connectivity index (χ2n) is 5.03. The summed E-state index contributed by atoms with van der Waals surface area (Å²) in [5.74, 6) is -0.563. The lowest BCUT2D eigenvalue weighted by molar-refractivity contribution is 0.0998. The maximum atomic E-state index is 13.4. The summed E-state index contributed by atoms with van der Waals surface area (Å²) < 4.78 is 16.1. The van der Waals surface area contributed by atoms with Gasteiger partial charge in [0, 0.05) is 12.1 Å². The van der Waals surface area contributed by atoms with E-state index in [1.165, 1.54) is 23.5 Å². The molecule has 0 radical (unpaired) electrons. The Morgan fingerprint density at radius 2 is 2.09 bits per heavy atom. The number of hydrogen-bond donors (Lipinski definition) is 0. The highest BCUT2D eigenvalue weighted by Crippen LogP contribution is 2.18. The summed E-state index contributed by atoms with van der Waals surface area (Å²) >= 11 is 1.33. The molecular weight excluding hydrogens is 299 g/mol. The van der Waals surface area contributed by atoms with Crippen LogP contribution in [-0.2, 0) is 6.54 Å². The van der Waals surface area contributed by atoms with E-state index in [9.17, 15) is 9.18 Å². The fraction of sp³-hybridized carbons (Fsp3) is 0.176. The lowest BCUT2D eigenvalue weighted by Gasteiger charge is -2.00. The van der Waals surface area contributed by atoms with Crippen LogP contribution >= 0.6 is 11.3 Å². The highest BCUT2D eigenvalue weighted by atomic mass is 32.1. The van der Waals surface area contributed by atoms with E-state index in [0.29, 0.717) is 16.9 Å². The molecule has 0 aliphatic heterocycles. The van der Waals surface area contributed by atoms with Gasteiger partial charge in [0.2, 0.25) is 0 Å². The molecule has 1 aromatic heterocycles. The summed E-state index contributed by atoms with van der Waals surface area (Å²) in [4.78, 5) is 17.2. The number of aryl methyl sites for hydroxylation is 2. The van der Waals surface area contributed by atoms with Crippen molar-refractivity contribution in [3.8, 4) is 0 Å². The van der Waals surface area contributed by atoms with Gasteiger partial charge < -0.3 is 4.57 Å². The van der Waals surface area contributed by atoms with Crippen LogP contribution in [0.15, 0.2) is 47.5 Å².